The summed E-state index contributed by atoms with van der Waals surface area (Å²) >= 11 is 6.37. The van der Waals surface area contributed by atoms with E-state index in [2.05, 4.69) is 15.3 Å². The second kappa shape index (κ2) is 13.1. The minimum atomic E-state index is -1.69. The monoisotopic (exact) mass is 653 g/mol. The van der Waals surface area contributed by atoms with Crippen LogP contribution in [0.15, 0.2) is 95.9 Å². The molecule has 1 aliphatic rings. The highest BCUT2D eigenvalue weighted by Crippen LogP contribution is 2.36. The first kappa shape index (κ1) is 30.9. The standard InChI is InChI=1S/C33H24ClN5O8/c1-45-25-13-6-5-12-24(25)39-31(42)27(47-33(39)44)28-37-26-21(17-20(34)18-23(26)36-29(40)19-9-3-2-4-10-19)30(41)38(28)15-16-46-32(43)22-11-7-8-14-35-22/h2-14,17-18,27H,15-16H2,1H3,(H,36,40). The molecular weight excluding hydrogens is 630 g/mol. The number of ether oxygens (including phenoxy) is 3. The molecule has 6 rings (SSSR count). The zero-order chi connectivity index (χ0) is 33.1. The first-order chi connectivity index (χ1) is 22.8. The van der Waals surface area contributed by atoms with Crippen molar-refractivity contribution in [2.24, 2.45) is 0 Å². The van der Waals surface area contributed by atoms with Crippen LogP contribution in [0.1, 0.15) is 32.8 Å². The fourth-order valence-electron chi connectivity index (χ4n) is 5.00. The van der Waals surface area contributed by atoms with Crippen LogP contribution in [-0.4, -0.2) is 52.1 Å². The summed E-state index contributed by atoms with van der Waals surface area (Å²) in [6.07, 6.45) is -1.29. The van der Waals surface area contributed by atoms with E-state index in [1.807, 2.05) is 0 Å². The van der Waals surface area contributed by atoms with Gasteiger partial charge in [0.2, 0.25) is 6.10 Å². The average molecular weight is 654 g/mol. The van der Waals surface area contributed by atoms with Gasteiger partial charge in [-0.05, 0) is 48.5 Å². The number of anilines is 2. The zero-order valence-electron chi connectivity index (χ0n) is 24.6. The Morgan fingerprint density at radius 3 is 2.47 bits per heavy atom. The number of cyclic esters (lactones) is 1. The van der Waals surface area contributed by atoms with E-state index in [-0.39, 0.29) is 57.7 Å². The van der Waals surface area contributed by atoms with Gasteiger partial charge in [-0.15, -0.1) is 0 Å². The molecule has 47 heavy (non-hydrogen) atoms. The molecule has 0 radical (unpaired) electrons. The lowest BCUT2D eigenvalue weighted by molar-refractivity contribution is -0.122. The van der Waals surface area contributed by atoms with Crippen LogP contribution >= 0.6 is 11.6 Å². The molecule has 13 nitrogen and oxygen atoms in total. The molecule has 0 saturated carbocycles. The molecule has 3 heterocycles. The zero-order valence-corrected chi connectivity index (χ0v) is 25.3. The molecular formula is C33H24ClN5O8. The number of para-hydroxylation sites is 2. The summed E-state index contributed by atoms with van der Waals surface area (Å²) in [5.74, 6) is -2.15. The number of carbonyl (C=O) groups excluding carboxylic acids is 4. The van der Waals surface area contributed by atoms with Crippen LogP contribution < -0.4 is 20.5 Å². The summed E-state index contributed by atoms with van der Waals surface area (Å²) in [4.78, 5) is 76.0. The van der Waals surface area contributed by atoms with Crippen molar-refractivity contribution in [3.05, 3.63) is 124 Å². The Morgan fingerprint density at radius 1 is 0.979 bits per heavy atom. The van der Waals surface area contributed by atoms with Crippen LogP contribution in [0.4, 0.5) is 16.2 Å². The predicted octanol–water partition coefficient (Wildman–Crippen LogP) is 4.79. The number of fused-ring (bicyclic) bond motifs is 1. The molecule has 0 spiro atoms. The van der Waals surface area contributed by atoms with Gasteiger partial charge in [0, 0.05) is 16.8 Å². The largest absolute Gasteiger partial charge is 0.495 e. The number of amides is 3. The summed E-state index contributed by atoms with van der Waals surface area (Å²) < 4.78 is 17.2. The Kier molecular flexibility index (Phi) is 8.62. The van der Waals surface area contributed by atoms with E-state index in [1.165, 1.54) is 37.6 Å². The normalized spacial score (nSPS) is 14.2. The van der Waals surface area contributed by atoms with Gasteiger partial charge < -0.3 is 19.5 Å². The van der Waals surface area contributed by atoms with Gasteiger partial charge in [0.05, 0.1) is 30.4 Å². The van der Waals surface area contributed by atoms with Gasteiger partial charge in [-0.2, -0.15) is 0 Å². The highest BCUT2D eigenvalue weighted by Gasteiger charge is 2.46. The van der Waals surface area contributed by atoms with Crippen molar-refractivity contribution in [1.29, 1.82) is 0 Å². The Morgan fingerprint density at radius 2 is 1.72 bits per heavy atom. The van der Waals surface area contributed by atoms with E-state index >= 15 is 0 Å². The Labute approximate surface area is 271 Å². The highest BCUT2D eigenvalue weighted by molar-refractivity contribution is 6.32. The molecule has 1 aliphatic heterocycles. The number of halogens is 1. The van der Waals surface area contributed by atoms with Crippen LogP contribution in [0.25, 0.3) is 10.9 Å². The number of hydrogen-bond acceptors (Lipinski definition) is 10. The molecule has 3 amide bonds. The number of methoxy groups -OCH3 is 1. The van der Waals surface area contributed by atoms with Gasteiger partial charge in [-0.1, -0.05) is 48.0 Å². The van der Waals surface area contributed by atoms with E-state index in [0.717, 1.165) is 9.47 Å². The molecule has 1 unspecified atom stereocenters. The highest BCUT2D eigenvalue weighted by atomic mass is 35.5. The number of aromatic nitrogens is 3. The van der Waals surface area contributed by atoms with Crippen molar-refractivity contribution in [3.8, 4) is 5.75 Å². The van der Waals surface area contributed by atoms with Crippen molar-refractivity contribution in [2.75, 3.05) is 23.9 Å². The predicted molar refractivity (Wildman–Crippen MR) is 170 cm³/mol. The molecule has 2 aromatic heterocycles. The van der Waals surface area contributed by atoms with E-state index in [9.17, 15) is 24.0 Å². The lowest BCUT2D eigenvalue weighted by atomic mass is 10.1. The van der Waals surface area contributed by atoms with Crippen molar-refractivity contribution in [2.45, 2.75) is 12.6 Å². The van der Waals surface area contributed by atoms with Crippen LogP contribution in [0.5, 0.6) is 5.75 Å². The summed E-state index contributed by atoms with van der Waals surface area (Å²) in [5.41, 5.74) is -0.136. The van der Waals surface area contributed by atoms with E-state index in [1.54, 1.807) is 60.7 Å². The van der Waals surface area contributed by atoms with Gasteiger partial charge in [-0.25, -0.2) is 24.5 Å². The molecule has 5 aromatic rings. The van der Waals surface area contributed by atoms with E-state index in [0.29, 0.717) is 5.56 Å². The van der Waals surface area contributed by atoms with Gasteiger partial charge in [0.1, 0.15) is 23.6 Å². The lowest BCUT2D eigenvalue weighted by Crippen LogP contribution is -2.33. The second-order valence-corrected chi connectivity index (χ2v) is 10.5. The quantitative estimate of drug-likeness (QED) is 0.219. The fraction of sp³-hybridized carbons (Fsp3) is 0.121. The van der Waals surface area contributed by atoms with Crippen LogP contribution in [0.2, 0.25) is 5.02 Å². The number of nitrogens with zero attached hydrogens (tertiary/aromatic N) is 4. The molecule has 3 aromatic carbocycles. The smallest absolute Gasteiger partial charge is 0.422 e. The van der Waals surface area contributed by atoms with Gasteiger partial charge in [0.15, 0.2) is 5.82 Å². The van der Waals surface area contributed by atoms with Crippen molar-refractivity contribution >= 4 is 57.8 Å². The summed E-state index contributed by atoms with van der Waals surface area (Å²) in [6.45, 7) is -0.622. The first-order valence-electron chi connectivity index (χ1n) is 14.1. The maximum Gasteiger partial charge on any atom is 0.422 e. The summed E-state index contributed by atoms with van der Waals surface area (Å²) in [7, 11) is 1.38. The second-order valence-electron chi connectivity index (χ2n) is 10.1. The number of benzene rings is 3. The number of pyridine rings is 1. The van der Waals surface area contributed by atoms with Crippen molar-refractivity contribution in [3.63, 3.8) is 0 Å². The molecule has 0 aliphatic carbocycles. The minimum Gasteiger partial charge on any atom is -0.495 e. The van der Waals surface area contributed by atoms with Gasteiger partial charge >= 0.3 is 12.1 Å². The number of esters is 1. The third-order valence-electron chi connectivity index (χ3n) is 7.17. The summed E-state index contributed by atoms with van der Waals surface area (Å²) in [6, 6.07) is 22.1. The van der Waals surface area contributed by atoms with Crippen LogP contribution in [0.3, 0.4) is 0 Å². The first-order valence-corrected chi connectivity index (χ1v) is 14.5. The lowest BCUT2D eigenvalue weighted by Gasteiger charge is -2.18. The average Bonchev–Trinajstić information content (AvgIpc) is 3.39. The van der Waals surface area contributed by atoms with Gasteiger partial charge in [0.25, 0.3) is 17.4 Å². The summed E-state index contributed by atoms with van der Waals surface area (Å²) in [5, 5.41) is 2.82. The molecule has 1 fully saturated rings. The molecule has 1 N–H and O–H groups in total. The molecule has 1 atom stereocenters. The molecule has 14 heteroatoms. The third-order valence-corrected chi connectivity index (χ3v) is 7.38. The number of nitrogens with one attached hydrogen (secondary N) is 1. The van der Waals surface area contributed by atoms with Gasteiger partial charge in [-0.3, -0.25) is 19.0 Å². The number of carbonyl (C=O) groups is 4. The number of imide groups is 1. The molecule has 1 saturated heterocycles. The number of hydrogen-bond donors (Lipinski definition) is 1. The minimum absolute atomic E-state index is 0.0139. The van der Waals surface area contributed by atoms with Crippen molar-refractivity contribution in [1.82, 2.24) is 14.5 Å². The van der Waals surface area contributed by atoms with Crippen LogP contribution in [-0.2, 0) is 20.8 Å². The molecule has 0 bridgehead atoms. The van der Waals surface area contributed by atoms with Crippen LogP contribution in [0, 0.1) is 0 Å². The van der Waals surface area contributed by atoms with E-state index < -0.39 is 35.5 Å². The maximum absolute atomic E-state index is 14.1. The number of rotatable bonds is 9. The Hall–Kier alpha value is -6.08. The SMILES string of the molecule is COc1ccccc1N1C(=O)OC(c2nc3c(NC(=O)c4ccccc4)cc(Cl)cc3c(=O)n2CCOC(=O)c2ccccn2)C1=O. The molecule has 236 valence electrons. The van der Waals surface area contributed by atoms with E-state index in [4.69, 9.17) is 25.8 Å². The maximum atomic E-state index is 14.1. The van der Waals surface area contributed by atoms with Crippen molar-refractivity contribution < 1.29 is 33.4 Å². The third kappa shape index (κ3) is 6.11. The topological polar surface area (TPSA) is 159 Å². The Bertz CT molecular complexity index is 2090. The Balaban J connectivity index is 1.44. The fourth-order valence-corrected chi connectivity index (χ4v) is 5.21.